The highest BCUT2D eigenvalue weighted by Gasteiger charge is 2.21. The average molecular weight is 1130 g/mol. The lowest BCUT2D eigenvalue weighted by atomic mass is 10.0. The van der Waals surface area contributed by atoms with Crippen molar-refractivity contribution in [2.75, 3.05) is 47.5 Å². The molecule has 0 bridgehead atoms. The number of ether oxygens (including phenoxy) is 2. The number of carbonyl (C=O) groups excluding carboxylic acids is 2. The van der Waals surface area contributed by atoms with Gasteiger partial charge in [0.05, 0.1) is 27.7 Å². The number of esters is 2. The Morgan fingerprint density at radius 1 is 0.388 bits per heavy atom. The van der Waals surface area contributed by atoms with Crippen molar-refractivity contribution in [1.29, 1.82) is 0 Å². The Balaban J connectivity index is 4.18. The topological polar surface area (TPSA) is 111 Å². The molecule has 0 aromatic carbocycles. The standard InChI is InChI=1S/C70H114NO8P/c1-6-8-10-12-14-16-18-20-22-24-26-28-29-30-31-32-33-34-35-36-37-38-39-40-41-43-45-47-49-51-53-55-57-59-61-63-70(73)79-68(67-78-80(74,75)77-65-64-71(3,4)5)66-76-69(72)62-60-58-56-54-52-50-48-46-44-42-27-25-23-21-19-17-15-13-11-9-7-2/h8-11,14-17,20-23,26-28,30-31,33-34,36-37,42,46,48,52,54,68H,6-7,12-13,18-19,24-25,29,32,35,38-41,43-45,47,49-51,53,55-67H2,1-5H3/b10-8-,11-9-,16-14-,17-15-,22-20-,23-21-,28-26-,31-30-,34-33-,37-36-,42-27-,48-46-,54-52-. The molecule has 0 spiro atoms. The molecule has 0 aliphatic rings. The van der Waals surface area contributed by atoms with Crippen LogP contribution in [-0.2, 0) is 32.7 Å². The number of phosphoric ester groups is 1. The van der Waals surface area contributed by atoms with E-state index in [4.69, 9.17) is 18.5 Å². The maximum absolute atomic E-state index is 12.8. The summed E-state index contributed by atoms with van der Waals surface area (Å²) in [4.78, 5) is 37.9. The van der Waals surface area contributed by atoms with Crippen molar-refractivity contribution in [3.05, 3.63) is 158 Å². The van der Waals surface area contributed by atoms with E-state index < -0.39 is 32.5 Å². The first-order valence-corrected chi connectivity index (χ1v) is 32.7. The van der Waals surface area contributed by atoms with Crippen molar-refractivity contribution in [3.63, 3.8) is 0 Å². The van der Waals surface area contributed by atoms with Crippen LogP contribution in [0.15, 0.2) is 158 Å². The third-order valence-electron chi connectivity index (χ3n) is 12.5. The number of unbranched alkanes of at least 4 members (excludes halogenated alkanes) is 15. The summed E-state index contributed by atoms with van der Waals surface area (Å²) >= 11 is 0. The summed E-state index contributed by atoms with van der Waals surface area (Å²) in [7, 11) is 1.12. The number of allylic oxidation sites excluding steroid dienone is 26. The highest BCUT2D eigenvalue weighted by atomic mass is 31.2. The van der Waals surface area contributed by atoms with Crippen LogP contribution < -0.4 is 4.89 Å². The van der Waals surface area contributed by atoms with Gasteiger partial charge in [0.1, 0.15) is 19.8 Å². The van der Waals surface area contributed by atoms with E-state index in [1.54, 1.807) is 0 Å². The van der Waals surface area contributed by atoms with Gasteiger partial charge in [-0.1, -0.05) is 242 Å². The van der Waals surface area contributed by atoms with E-state index in [9.17, 15) is 19.0 Å². The number of rotatable bonds is 55. The molecule has 0 heterocycles. The van der Waals surface area contributed by atoms with Gasteiger partial charge in [0.2, 0.25) is 0 Å². The lowest BCUT2D eigenvalue weighted by molar-refractivity contribution is -0.870. The zero-order valence-electron chi connectivity index (χ0n) is 51.2. The van der Waals surface area contributed by atoms with Crippen LogP contribution in [0.4, 0.5) is 0 Å². The molecule has 80 heavy (non-hydrogen) atoms. The minimum atomic E-state index is -4.66. The van der Waals surface area contributed by atoms with Crippen LogP contribution in [0.2, 0.25) is 0 Å². The molecule has 0 N–H and O–H groups in total. The zero-order chi connectivity index (χ0) is 58.4. The summed E-state index contributed by atoms with van der Waals surface area (Å²) in [5, 5.41) is 0. The highest BCUT2D eigenvalue weighted by molar-refractivity contribution is 7.45. The van der Waals surface area contributed by atoms with Crippen molar-refractivity contribution in [2.45, 2.75) is 225 Å². The number of nitrogens with zero attached hydrogens (tertiary/aromatic N) is 1. The zero-order valence-corrected chi connectivity index (χ0v) is 52.1. The molecule has 9 nitrogen and oxygen atoms in total. The first-order chi connectivity index (χ1) is 39.0. The van der Waals surface area contributed by atoms with Crippen molar-refractivity contribution in [1.82, 2.24) is 0 Å². The van der Waals surface area contributed by atoms with E-state index >= 15 is 0 Å². The number of quaternary nitrogens is 1. The Morgan fingerprint density at radius 3 is 1.02 bits per heavy atom. The van der Waals surface area contributed by atoms with Crippen LogP contribution in [0.5, 0.6) is 0 Å². The third-order valence-corrected chi connectivity index (χ3v) is 13.5. The summed E-state index contributed by atoms with van der Waals surface area (Å²) in [6, 6.07) is 0. The van der Waals surface area contributed by atoms with E-state index in [2.05, 4.69) is 172 Å². The first-order valence-electron chi connectivity index (χ1n) is 31.2. The second-order valence-electron chi connectivity index (χ2n) is 21.3. The summed E-state index contributed by atoms with van der Waals surface area (Å²) in [6.07, 6.45) is 88.7. The molecule has 0 aromatic heterocycles. The number of likely N-dealkylation sites (N-methyl/N-ethyl adjacent to an activating group) is 1. The molecule has 0 fully saturated rings. The van der Waals surface area contributed by atoms with E-state index in [0.29, 0.717) is 23.9 Å². The molecule has 0 rings (SSSR count). The van der Waals surface area contributed by atoms with Gasteiger partial charge in [-0.3, -0.25) is 14.2 Å². The second kappa shape index (κ2) is 59.3. The molecule has 2 unspecified atom stereocenters. The van der Waals surface area contributed by atoms with Gasteiger partial charge in [0, 0.05) is 12.8 Å². The SMILES string of the molecule is CC/C=C\C/C=C\C/C=C\C/C=C\C/C=C\C/C=C\C/C=C\CCCCCCCCCCCCCCCC(=O)OC(COC(=O)CCCC/C=C\C/C=C\C/C=C\C/C=C\C/C=C\C/C=C\CC)COP(=O)([O-])OCC[N+](C)(C)C. The molecule has 0 amide bonds. The Morgan fingerprint density at radius 2 is 0.675 bits per heavy atom. The van der Waals surface area contributed by atoms with Crippen molar-refractivity contribution >= 4 is 19.8 Å². The van der Waals surface area contributed by atoms with Crippen LogP contribution in [0.3, 0.4) is 0 Å². The molecule has 0 saturated carbocycles. The Bertz CT molecular complexity index is 1900. The molecule has 0 aliphatic heterocycles. The fraction of sp³-hybridized carbons (Fsp3) is 0.600. The molecule has 2 atom stereocenters. The lowest BCUT2D eigenvalue weighted by Gasteiger charge is -2.28. The molecule has 0 aliphatic carbocycles. The monoisotopic (exact) mass is 1130 g/mol. The fourth-order valence-corrected chi connectivity index (χ4v) is 8.54. The second-order valence-corrected chi connectivity index (χ2v) is 22.7. The number of phosphoric acid groups is 1. The average Bonchev–Trinajstić information content (AvgIpc) is 3.42. The summed E-state index contributed by atoms with van der Waals surface area (Å²) in [6.45, 7) is 3.94. The van der Waals surface area contributed by atoms with E-state index in [1.165, 1.54) is 64.2 Å². The number of carbonyl (C=O) groups is 2. The van der Waals surface area contributed by atoms with Crippen LogP contribution in [0, 0.1) is 0 Å². The first kappa shape index (κ1) is 75.6. The van der Waals surface area contributed by atoms with Crippen molar-refractivity contribution < 1.29 is 42.1 Å². The molecule has 0 radical (unpaired) electrons. The normalized spacial score (nSPS) is 14.3. The van der Waals surface area contributed by atoms with Crippen molar-refractivity contribution in [3.8, 4) is 0 Å². The van der Waals surface area contributed by atoms with Gasteiger partial charge < -0.3 is 27.9 Å². The molecule has 0 aromatic rings. The van der Waals surface area contributed by atoms with Crippen LogP contribution in [0.1, 0.15) is 219 Å². The van der Waals surface area contributed by atoms with Gasteiger partial charge in [-0.2, -0.15) is 0 Å². The van der Waals surface area contributed by atoms with Gasteiger partial charge in [0.25, 0.3) is 7.82 Å². The minimum absolute atomic E-state index is 0.0465. The molecule has 0 saturated heterocycles. The van der Waals surface area contributed by atoms with E-state index in [-0.39, 0.29) is 26.1 Å². The highest BCUT2D eigenvalue weighted by Crippen LogP contribution is 2.38. The van der Waals surface area contributed by atoms with Gasteiger partial charge in [-0.25, -0.2) is 0 Å². The number of hydrogen-bond acceptors (Lipinski definition) is 8. The smallest absolute Gasteiger partial charge is 0.306 e. The largest absolute Gasteiger partial charge is 0.756 e. The van der Waals surface area contributed by atoms with E-state index in [1.807, 2.05) is 21.1 Å². The van der Waals surface area contributed by atoms with Crippen LogP contribution in [0.25, 0.3) is 0 Å². The molecular formula is C70H114NO8P. The lowest BCUT2D eigenvalue weighted by Crippen LogP contribution is -2.37. The minimum Gasteiger partial charge on any atom is -0.756 e. The molecular weight excluding hydrogens is 1010 g/mol. The summed E-state index contributed by atoms with van der Waals surface area (Å²) < 4.78 is 34.1. The van der Waals surface area contributed by atoms with Gasteiger partial charge >= 0.3 is 11.9 Å². The Hall–Kier alpha value is -4.37. The van der Waals surface area contributed by atoms with Crippen molar-refractivity contribution in [2.24, 2.45) is 0 Å². The van der Waals surface area contributed by atoms with Gasteiger partial charge in [-0.15, -0.1) is 0 Å². The predicted octanol–water partition coefficient (Wildman–Crippen LogP) is 19.4. The quantitative estimate of drug-likeness (QED) is 0.0195. The van der Waals surface area contributed by atoms with Crippen LogP contribution >= 0.6 is 7.82 Å². The Labute approximate surface area is 490 Å². The number of hydrogen-bond donors (Lipinski definition) is 0. The third kappa shape index (κ3) is 62.8. The maximum atomic E-state index is 12.8. The van der Waals surface area contributed by atoms with E-state index in [0.717, 1.165) is 116 Å². The van der Waals surface area contributed by atoms with Crippen LogP contribution in [-0.4, -0.2) is 70.0 Å². The fourth-order valence-electron chi connectivity index (χ4n) is 7.82. The summed E-state index contributed by atoms with van der Waals surface area (Å²) in [5.41, 5.74) is 0. The molecule has 452 valence electrons. The van der Waals surface area contributed by atoms with Gasteiger partial charge in [-0.05, 0) is 122 Å². The summed E-state index contributed by atoms with van der Waals surface area (Å²) in [5.74, 6) is -0.896. The molecule has 10 heteroatoms. The maximum Gasteiger partial charge on any atom is 0.306 e. The van der Waals surface area contributed by atoms with Gasteiger partial charge in [0.15, 0.2) is 6.10 Å². The predicted molar refractivity (Wildman–Crippen MR) is 341 cm³/mol. The Kier molecular flexibility index (Phi) is 56.0.